The number of amides is 1. The molecule has 0 aliphatic heterocycles. The van der Waals surface area contributed by atoms with E-state index in [0.29, 0.717) is 33.4 Å². The lowest BCUT2D eigenvalue weighted by molar-refractivity contribution is 0.102. The van der Waals surface area contributed by atoms with Crippen molar-refractivity contribution in [1.82, 2.24) is 9.38 Å². The molecule has 0 atom stereocenters. The van der Waals surface area contributed by atoms with Gasteiger partial charge >= 0.3 is 0 Å². The summed E-state index contributed by atoms with van der Waals surface area (Å²) in [4.78, 5) is 16.9. The molecule has 0 fully saturated rings. The Morgan fingerprint density at radius 2 is 1.96 bits per heavy atom. The van der Waals surface area contributed by atoms with Crippen LogP contribution in [0.25, 0.3) is 5.65 Å². The average molecular weight is 346 g/mol. The Morgan fingerprint density at radius 3 is 2.67 bits per heavy atom. The van der Waals surface area contributed by atoms with Gasteiger partial charge in [-0.2, -0.15) is 0 Å². The third-order valence-electron chi connectivity index (χ3n) is 3.56. The third kappa shape index (κ3) is 3.00. The number of carbonyl (C=O) groups excluding carboxylic acids is 1. The van der Waals surface area contributed by atoms with Gasteiger partial charge in [-0.05, 0) is 19.1 Å². The van der Waals surface area contributed by atoms with Crippen LogP contribution in [0.15, 0.2) is 36.7 Å². The molecular formula is C17H16ClN3O3. The first-order chi connectivity index (χ1) is 11.5. The molecule has 3 aromatic rings. The highest BCUT2D eigenvalue weighted by molar-refractivity contribution is 6.32. The monoisotopic (exact) mass is 345 g/mol. The minimum atomic E-state index is -0.277. The van der Waals surface area contributed by atoms with Crippen molar-refractivity contribution >= 4 is 28.8 Å². The predicted molar refractivity (Wildman–Crippen MR) is 92.4 cm³/mol. The second-order valence-corrected chi connectivity index (χ2v) is 5.61. The number of nitrogens with zero attached hydrogens (tertiary/aromatic N) is 2. The number of anilines is 1. The van der Waals surface area contributed by atoms with Crippen LogP contribution in [-0.2, 0) is 0 Å². The first-order valence-electron chi connectivity index (χ1n) is 7.20. The van der Waals surface area contributed by atoms with Gasteiger partial charge in [-0.15, -0.1) is 0 Å². The minimum Gasteiger partial charge on any atom is -0.495 e. The number of aromatic nitrogens is 2. The standard InChI is InChI=1S/C17H16ClN3O3/c1-10-9-21-5-4-11(6-16(21)19-10)17(22)20-13-8-14(23-2)12(18)7-15(13)24-3/h4-9H,1-3H3,(H,20,22). The van der Waals surface area contributed by atoms with Gasteiger partial charge in [-0.3, -0.25) is 4.79 Å². The highest BCUT2D eigenvalue weighted by Crippen LogP contribution is 2.36. The smallest absolute Gasteiger partial charge is 0.255 e. The fourth-order valence-electron chi connectivity index (χ4n) is 2.40. The van der Waals surface area contributed by atoms with E-state index in [4.69, 9.17) is 21.1 Å². The zero-order chi connectivity index (χ0) is 17.3. The van der Waals surface area contributed by atoms with Gasteiger partial charge in [0.25, 0.3) is 5.91 Å². The van der Waals surface area contributed by atoms with Crippen molar-refractivity contribution < 1.29 is 14.3 Å². The van der Waals surface area contributed by atoms with E-state index in [-0.39, 0.29) is 5.91 Å². The molecule has 0 spiro atoms. The quantitative estimate of drug-likeness (QED) is 0.785. The summed E-state index contributed by atoms with van der Waals surface area (Å²) in [6.45, 7) is 1.90. The van der Waals surface area contributed by atoms with Gasteiger partial charge in [0.15, 0.2) is 0 Å². The highest BCUT2D eigenvalue weighted by Gasteiger charge is 2.14. The van der Waals surface area contributed by atoms with Crippen LogP contribution in [0, 0.1) is 6.92 Å². The number of carbonyl (C=O) groups is 1. The minimum absolute atomic E-state index is 0.277. The first-order valence-corrected chi connectivity index (χ1v) is 7.58. The molecule has 2 heterocycles. The number of benzene rings is 1. The maximum Gasteiger partial charge on any atom is 0.255 e. The van der Waals surface area contributed by atoms with Crippen LogP contribution in [0.4, 0.5) is 5.69 Å². The number of ether oxygens (including phenoxy) is 2. The Hall–Kier alpha value is -2.73. The third-order valence-corrected chi connectivity index (χ3v) is 3.86. The molecule has 7 heteroatoms. The number of rotatable bonds is 4. The Kier molecular flexibility index (Phi) is 4.31. The largest absolute Gasteiger partial charge is 0.495 e. The van der Waals surface area contributed by atoms with E-state index in [2.05, 4.69) is 10.3 Å². The van der Waals surface area contributed by atoms with Crippen molar-refractivity contribution in [2.24, 2.45) is 0 Å². The predicted octanol–water partition coefficient (Wildman–Crippen LogP) is 3.57. The number of aryl methyl sites for hydroxylation is 1. The van der Waals surface area contributed by atoms with Crippen LogP contribution in [0.5, 0.6) is 11.5 Å². The van der Waals surface area contributed by atoms with E-state index in [1.165, 1.54) is 14.2 Å². The molecule has 6 nitrogen and oxygen atoms in total. The molecule has 0 radical (unpaired) electrons. The second-order valence-electron chi connectivity index (χ2n) is 5.20. The molecule has 0 aliphatic rings. The summed E-state index contributed by atoms with van der Waals surface area (Å²) in [7, 11) is 3.01. The average Bonchev–Trinajstić information content (AvgIpc) is 2.94. The van der Waals surface area contributed by atoms with Gasteiger partial charge in [0.05, 0.1) is 30.6 Å². The molecule has 0 unspecified atom stereocenters. The lowest BCUT2D eigenvalue weighted by atomic mass is 10.2. The number of hydrogen-bond acceptors (Lipinski definition) is 4. The molecule has 2 aromatic heterocycles. The number of fused-ring (bicyclic) bond motifs is 1. The topological polar surface area (TPSA) is 64.9 Å². The summed E-state index contributed by atoms with van der Waals surface area (Å²) in [5.41, 5.74) is 2.56. The normalized spacial score (nSPS) is 10.7. The Morgan fingerprint density at radius 1 is 1.21 bits per heavy atom. The zero-order valence-electron chi connectivity index (χ0n) is 13.5. The van der Waals surface area contributed by atoms with E-state index in [0.717, 1.165) is 5.69 Å². The van der Waals surface area contributed by atoms with E-state index in [1.807, 2.05) is 17.5 Å². The SMILES string of the molecule is COc1cc(NC(=O)c2ccn3cc(C)nc3c2)c(OC)cc1Cl. The van der Waals surface area contributed by atoms with Gasteiger partial charge in [-0.1, -0.05) is 11.6 Å². The van der Waals surface area contributed by atoms with Crippen molar-refractivity contribution in [1.29, 1.82) is 0 Å². The summed E-state index contributed by atoms with van der Waals surface area (Å²) in [5, 5.41) is 3.22. The van der Waals surface area contributed by atoms with E-state index in [9.17, 15) is 4.79 Å². The molecule has 1 aromatic carbocycles. The Balaban J connectivity index is 1.92. The molecule has 24 heavy (non-hydrogen) atoms. The number of hydrogen-bond donors (Lipinski definition) is 1. The van der Waals surface area contributed by atoms with Crippen LogP contribution >= 0.6 is 11.6 Å². The van der Waals surface area contributed by atoms with Crippen LogP contribution in [0.2, 0.25) is 5.02 Å². The molecule has 0 saturated carbocycles. The number of imidazole rings is 1. The zero-order valence-corrected chi connectivity index (χ0v) is 14.2. The molecule has 1 N–H and O–H groups in total. The number of nitrogens with one attached hydrogen (secondary N) is 1. The molecule has 3 rings (SSSR count). The summed E-state index contributed by atoms with van der Waals surface area (Å²) >= 11 is 6.07. The lowest BCUT2D eigenvalue weighted by Crippen LogP contribution is -2.13. The van der Waals surface area contributed by atoms with E-state index < -0.39 is 0 Å². The molecule has 0 aliphatic carbocycles. The molecule has 124 valence electrons. The van der Waals surface area contributed by atoms with Gasteiger partial charge in [0, 0.05) is 30.1 Å². The lowest BCUT2D eigenvalue weighted by Gasteiger charge is -2.13. The van der Waals surface area contributed by atoms with Crippen LogP contribution in [-0.4, -0.2) is 29.5 Å². The summed E-state index contributed by atoms with van der Waals surface area (Å²) in [6.07, 6.45) is 3.69. The molecular weight excluding hydrogens is 330 g/mol. The van der Waals surface area contributed by atoms with Gasteiger partial charge in [0.2, 0.25) is 0 Å². The van der Waals surface area contributed by atoms with Crippen LogP contribution in [0.1, 0.15) is 16.1 Å². The van der Waals surface area contributed by atoms with Crippen molar-refractivity contribution in [2.45, 2.75) is 6.92 Å². The van der Waals surface area contributed by atoms with E-state index in [1.54, 1.807) is 30.5 Å². The number of halogens is 1. The fourth-order valence-corrected chi connectivity index (χ4v) is 2.63. The van der Waals surface area contributed by atoms with Gasteiger partial charge in [0.1, 0.15) is 17.1 Å². The Bertz CT molecular complexity index is 921. The summed E-state index contributed by atoms with van der Waals surface area (Å²) in [5.74, 6) is 0.625. The van der Waals surface area contributed by atoms with Crippen LogP contribution < -0.4 is 14.8 Å². The maximum atomic E-state index is 12.5. The van der Waals surface area contributed by atoms with Gasteiger partial charge in [-0.25, -0.2) is 4.98 Å². The molecule has 0 saturated heterocycles. The first kappa shape index (κ1) is 16.1. The Labute approximate surface area is 144 Å². The highest BCUT2D eigenvalue weighted by atomic mass is 35.5. The fraction of sp³-hybridized carbons (Fsp3) is 0.176. The maximum absolute atomic E-state index is 12.5. The second kappa shape index (κ2) is 6.41. The van der Waals surface area contributed by atoms with Crippen molar-refractivity contribution in [3.8, 4) is 11.5 Å². The molecule has 1 amide bonds. The molecule has 0 bridgehead atoms. The van der Waals surface area contributed by atoms with Gasteiger partial charge < -0.3 is 19.2 Å². The summed E-state index contributed by atoms with van der Waals surface area (Å²) in [6, 6.07) is 6.67. The number of methoxy groups -OCH3 is 2. The van der Waals surface area contributed by atoms with E-state index >= 15 is 0 Å². The van der Waals surface area contributed by atoms with Crippen molar-refractivity contribution in [3.63, 3.8) is 0 Å². The number of pyridine rings is 1. The van der Waals surface area contributed by atoms with Crippen LogP contribution in [0.3, 0.4) is 0 Å². The summed E-state index contributed by atoms with van der Waals surface area (Å²) < 4.78 is 12.3. The van der Waals surface area contributed by atoms with Crippen molar-refractivity contribution in [3.05, 3.63) is 52.9 Å². The van der Waals surface area contributed by atoms with Crippen molar-refractivity contribution in [2.75, 3.05) is 19.5 Å².